The van der Waals surface area contributed by atoms with Crippen LogP contribution in [0.3, 0.4) is 0 Å². The number of anilines is 1. The first-order valence-electron chi connectivity index (χ1n) is 5.71. The highest BCUT2D eigenvalue weighted by Gasteiger charge is 2.08. The molecule has 0 spiro atoms. The number of hydrogen-bond donors (Lipinski definition) is 3. The van der Waals surface area contributed by atoms with Gasteiger partial charge in [-0.2, -0.15) is 0 Å². The van der Waals surface area contributed by atoms with Gasteiger partial charge in [-0.1, -0.05) is 13.8 Å². The van der Waals surface area contributed by atoms with Crippen molar-refractivity contribution >= 4 is 11.6 Å². The quantitative estimate of drug-likeness (QED) is 0.684. The molecule has 0 saturated carbocycles. The van der Waals surface area contributed by atoms with E-state index in [-0.39, 0.29) is 30.9 Å². The standard InChI is InChI=1S/C12H18N2O4/c1-8(2)12(17)14-9-3-4-13-11(5-9)18-7-10(16)6-15/h3-5,8,10,15-16H,6-7H2,1-2H3,(H,13,14,17)/t10-/m0/s1. The second kappa shape index (κ2) is 6.93. The Morgan fingerprint density at radius 3 is 2.89 bits per heavy atom. The number of aliphatic hydroxyl groups is 2. The lowest BCUT2D eigenvalue weighted by Gasteiger charge is -2.11. The molecule has 1 heterocycles. The predicted molar refractivity (Wildman–Crippen MR) is 66.3 cm³/mol. The van der Waals surface area contributed by atoms with Crippen molar-refractivity contribution in [3.63, 3.8) is 0 Å². The highest BCUT2D eigenvalue weighted by atomic mass is 16.5. The van der Waals surface area contributed by atoms with Gasteiger partial charge in [0.25, 0.3) is 0 Å². The molecule has 18 heavy (non-hydrogen) atoms. The van der Waals surface area contributed by atoms with Gasteiger partial charge >= 0.3 is 0 Å². The molecule has 6 heteroatoms. The summed E-state index contributed by atoms with van der Waals surface area (Å²) in [6, 6.07) is 3.21. The average molecular weight is 254 g/mol. The summed E-state index contributed by atoms with van der Waals surface area (Å²) in [4.78, 5) is 15.4. The molecule has 0 saturated heterocycles. The molecule has 0 radical (unpaired) electrons. The first kappa shape index (κ1) is 14.4. The topological polar surface area (TPSA) is 91.7 Å². The molecule has 100 valence electrons. The fourth-order valence-corrected chi connectivity index (χ4v) is 1.09. The van der Waals surface area contributed by atoms with Crippen molar-refractivity contribution in [1.29, 1.82) is 0 Å². The molecule has 0 aromatic carbocycles. The second-order valence-corrected chi connectivity index (χ2v) is 4.17. The third-order valence-corrected chi connectivity index (χ3v) is 2.16. The molecule has 0 aliphatic heterocycles. The summed E-state index contributed by atoms with van der Waals surface area (Å²) in [5.41, 5.74) is 0.581. The van der Waals surface area contributed by atoms with Crippen LogP contribution in [0, 0.1) is 5.92 Å². The molecular formula is C12H18N2O4. The van der Waals surface area contributed by atoms with Crippen LogP contribution in [-0.2, 0) is 4.79 Å². The fraction of sp³-hybridized carbons (Fsp3) is 0.500. The average Bonchev–Trinajstić information content (AvgIpc) is 2.36. The molecule has 1 rings (SSSR count). The largest absolute Gasteiger partial charge is 0.475 e. The number of carbonyl (C=O) groups excluding carboxylic acids is 1. The van der Waals surface area contributed by atoms with Crippen molar-refractivity contribution in [2.24, 2.45) is 5.92 Å². The summed E-state index contributed by atoms with van der Waals surface area (Å²) in [6.07, 6.45) is 0.553. The van der Waals surface area contributed by atoms with E-state index in [0.29, 0.717) is 5.69 Å². The van der Waals surface area contributed by atoms with Crippen molar-refractivity contribution < 1.29 is 19.7 Å². The highest BCUT2D eigenvalue weighted by Crippen LogP contribution is 2.15. The van der Waals surface area contributed by atoms with Crippen molar-refractivity contribution in [3.8, 4) is 5.88 Å². The van der Waals surface area contributed by atoms with Crippen LogP contribution in [0.25, 0.3) is 0 Å². The zero-order chi connectivity index (χ0) is 13.5. The summed E-state index contributed by atoms with van der Waals surface area (Å²) >= 11 is 0. The van der Waals surface area contributed by atoms with Crippen LogP contribution in [-0.4, -0.2) is 40.4 Å². The first-order valence-corrected chi connectivity index (χ1v) is 5.71. The van der Waals surface area contributed by atoms with E-state index in [4.69, 9.17) is 14.9 Å². The van der Waals surface area contributed by atoms with Crippen LogP contribution in [0.5, 0.6) is 5.88 Å². The number of carbonyl (C=O) groups is 1. The van der Waals surface area contributed by atoms with E-state index in [2.05, 4.69) is 10.3 Å². The molecule has 1 atom stereocenters. The van der Waals surface area contributed by atoms with Crippen LogP contribution in [0.2, 0.25) is 0 Å². The maximum absolute atomic E-state index is 11.5. The number of amides is 1. The summed E-state index contributed by atoms with van der Waals surface area (Å²) < 4.78 is 5.17. The monoisotopic (exact) mass is 254 g/mol. The molecule has 0 aliphatic rings. The van der Waals surface area contributed by atoms with Gasteiger partial charge < -0.3 is 20.3 Å². The lowest BCUT2D eigenvalue weighted by molar-refractivity contribution is -0.118. The van der Waals surface area contributed by atoms with Gasteiger partial charge in [0.1, 0.15) is 12.7 Å². The highest BCUT2D eigenvalue weighted by molar-refractivity contribution is 5.92. The van der Waals surface area contributed by atoms with Gasteiger partial charge in [-0.25, -0.2) is 4.98 Å². The number of nitrogens with zero attached hydrogens (tertiary/aromatic N) is 1. The Bertz CT molecular complexity index is 395. The van der Waals surface area contributed by atoms with Gasteiger partial charge in [0.15, 0.2) is 0 Å². The minimum atomic E-state index is -0.944. The Kier molecular flexibility index (Phi) is 5.54. The van der Waals surface area contributed by atoms with Crippen LogP contribution in [0.15, 0.2) is 18.3 Å². The van der Waals surface area contributed by atoms with E-state index in [1.165, 1.54) is 6.20 Å². The van der Waals surface area contributed by atoms with E-state index in [9.17, 15) is 4.79 Å². The van der Waals surface area contributed by atoms with Crippen molar-refractivity contribution in [1.82, 2.24) is 4.98 Å². The zero-order valence-corrected chi connectivity index (χ0v) is 10.5. The summed E-state index contributed by atoms with van der Waals surface area (Å²) in [7, 11) is 0. The van der Waals surface area contributed by atoms with E-state index >= 15 is 0 Å². The fourth-order valence-electron chi connectivity index (χ4n) is 1.09. The van der Waals surface area contributed by atoms with E-state index in [0.717, 1.165) is 0 Å². The van der Waals surface area contributed by atoms with Crippen LogP contribution in [0.4, 0.5) is 5.69 Å². The molecule has 1 amide bonds. The summed E-state index contributed by atoms with van der Waals surface area (Å²) in [5.74, 6) is 0.0744. The number of rotatable bonds is 6. The Labute approximate surface area is 106 Å². The van der Waals surface area contributed by atoms with E-state index in [1.54, 1.807) is 26.0 Å². The molecule has 0 fully saturated rings. The number of aliphatic hydroxyl groups excluding tert-OH is 2. The van der Waals surface area contributed by atoms with Gasteiger partial charge in [0.05, 0.1) is 6.61 Å². The van der Waals surface area contributed by atoms with Gasteiger partial charge in [-0.05, 0) is 6.07 Å². The summed E-state index contributed by atoms with van der Waals surface area (Å²) in [6.45, 7) is 3.17. The number of ether oxygens (including phenoxy) is 1. The molecular weight excluding hydrogens is 236 g/mol. The van der Waals surface area contributed by atoms with Crippen LogP contribution < -0.4 is 10.1 Å². The molecule has 1 aromatic heterocycles. The third kappa shape index (κ3) is 4.68. The van der Waals surface area contributed by atoms with Crippen LogP contribution in [0.1, 0.15) is 13.8 Å². The Balaban J connectivity index is 2.59. The number of hydrogen-bond acceptors (Lipinski definition) is 5. The Hall–Kier alpha value is -1.66. The molecule has 0 bridgehead atoms. The minimum Gasteiger partial charge on any atom is -0.475 e. The van der Waals surface area contributed by atoms with E-state index in [1.807, 2.05) is 0 Å². The SMILES string of the molecule is CC(C)C(=O)Nc1ccnc(OC[C@@H](O)CO)c1. The molecule has 1 aromatic rings. The number of aromatic nitrogens is 1. The molecule has 3 N–H and O–H groups in total. The predicted octanol–water partition coefficient (Wildman–Crippen LogP) is 0.408. The molecule has 0 aliphatic carbocycles. The number of pyridine rings is 1. The summed E-state index contributed by atoms with van der Waals surface area (Å²) in [5, 5.41) is 20.5. The van der Waals surface area contributed by atoms with Gasteiger partial charge in [-0.3, -0.25) is 4.79 Å². The minimum absolute atomic E-state index is 0.0505. The maximum atomic E-state index is 11.5. The van der Waals surface area contributed by atoms with Gasteiger partial charge in [0, 0.05) is 23.9 Å². The van der Waals surface area contributed by atoms with Gasteiger partial charge in [-0.15, -0.1) is 0 Å². The Morgan fingerprint density at radius 2 is 2.28 bits per heavy atom. The van der Waals surface area contributed by atoms with Crippen molar-refractivity contribution in [2.45, 2.75) is 20.0 Å². The number of nitrogens with one attached hydrogen (secondary N) is 1. The van der Waals surface area contributed by atoms with Crippen LogP contribution >= 0.6 is 0 Å². The van der Waals surface area contributed by atoms with E-state index < -0.39 is 6.10 Å². The maximum Gasteiger partial charge on any atom is 0.226 e. The first-order chi connectivity index (χ1) is 8.52. The second-order valence-electron chi connectivity index (χ2n) is 4.17. The lowest BCUT2D eigenvalue weighted by Crippen LogP contribution is -2.21. The van der Waals surface area contributed by atoms with Gasteiger partial charge in [0.2, 0.25) is 11.8 Å². The lowest BCUT2D eigenvalue weighted by atomic mass is 10.2. The normalized spacial score (nSPS) is 12.3. The zero-order valence-electron chi connectivity index (χ0n) is 10.5. The molecule has 0 unspecified atom stereocenters. The van der Waals surface area contributed by atoms with Crippen molar-refractivity contribution in [2.75, 3.05) is 18.5 Å². The third-order valence-electron chi connectivity index (χ3n) is 2.16. The Morgan fingerprint density at radius 1 is 1.56 bits per heavy atom. The van der Waals surface area contributed by atoms with Crippen molar-refractivity contribution in [3.05, 3.63) is 18.3 Å². The molecule has 6 nitrogen and oxygen atoms in total. The smallest absolute Gasteiger partial charge is 0.226 e.